The molecule has 0 unspecified atom stereocenters. The van der Waals surface area contributed by atoms with Gasteiger partial charge in [0.2, 0.25) is 0 Å². The van der Waals surface area contributed by atoms with Crippen molar-refractivity contribution >= 4 is 27.5 Å². The highest BCUT2D eigenvalue weighted by Gasteiger charge is 2.22. The maximum absolute atomic E-state index is 11.5. The lowest BCUT2D eigenvalue weighted by molar-refractivity contribution is -0.384. The van der Waals surface area contributed by atoms with E-state index in [4.69, 9.17) is 5.26 Å². The number of nitro groups is 1. The number of aromatic nitrogens is 3. The van der Waals surface area contributed by atoms with E-state index in [1.54, 1.807) is 6.07 Å². The summed E-state index contributed by atoms with van der Waals surface area (Å²) in [5, 5.41) is 39.9. The van der Waals surface area contributed by atoms with E-state index in [2.05, 4.69) is 10.3 Å². The standard InChI is InChI=1S/C18H8N6O2/c19-9-13-7-17(18(24(25)26)8-14(13)10-20)23-16-6-12-4-2-1-3-11(12)5-15(16)21-22-23/h1-8H. The van der Waals surface area contributed by atoms with Gasteiger partial charge in [-0.15, -0.1) is 5.10 Å². The van der Waals surface area contributed by atoms with Crippen LogP contribution in [0.2, 0.25) is 0 Å². The van der Waals surface area contributed by atoms with Crippen molar-refractivity contribution in [2.24, 2.45) is 0 Å². The molecule has 0 aliphatic rings. The van der Waals surface area contributed by atoms with Gasteiger partial charge in [-0.25, -0.2) is 4.68 Å². The van der Waals surface area contributed by atoms with E-state index in [0.717, 1.165) is 16.8 Å². The minimum Gasteiger partial charge on any atom is -0.258 e. The SMILES string of the molecule is N#Cc1cc(-n2nnc3cc4ccccc4cc32)c([N+](=O)[O-])cc1C#N. The van der Waals surface area contributed by atoms with Crippen molar-refractivity contribution in [3.63, 3.8) is 0 Å². The number of hydrogen-bond donors (Lipinski definition) is 0. The van der Waals surface area contributed by atoms with Crippen LogP contribution in [0, 0.1) is 32.8 Å². The Labute approximate surface area is 146 Å². The summed E-state index contributed by atoms with van der Waals surface area (Å²) >= 11 is 0. The van der Waals surface area contributed by atoms with E-state index < -0.39 is 4.92 Å². The number of nitro benzene ring substituents is 1. The molecule has 0 aliphatic carbocycles. The number of fused-ring (bicyclic) bond motifs is 2. The molecule has 0 spiro atoms. The molecule has 1 aromatic heterocycles. The lowest BCUT2D eigenvalue weighted by atomic mass is 10.1. The van der Waals surface area contributed by atoms with Gasteiger partial charge in [0, 0.05) is 6.07 Å². The molecule has 26 heavy (non-hydrogen) atoms. The molecule has 8 heteroatoms. The second kappa shape index (κ2) is 5.65. The highest BCUT2D eigenvalue weighted by atomic mass is 16.6. The third-order valence-electron chi connectivity index (χ3n) is 4.09. The van der Waals surface area contributed by atoms with Gasteiger partial charge in [0.25, 0.3) is 5.69 Å². The minimum absolute atomic E-state index is 0.0394. The summed E-state index contributed by atoms with van der Waals surface area (Å²) in [7, 11) is 0. The Morgan fingerprint density at radius 1 is 1.00 bits per heavy atom. The van der Waals surface area contributed by atoms with Crippen molar-refractivity contribution in [2.45, 2.75) is 0 Å². The van der Waals surface area contributed by atoms with Gasteiger partial charge < -0.3 is 0 Å². The van der Waals surface area contributed by atoms with Crippen LogP contribution in [0.25, 0.3) is 27.5 Å². The Hall–Kier alpha value is -4.30. The number of nitriles is 2. The monoisotopic (exact) mass is 340 g/mol. The fraction of sp³-hybridized carbons (Fsp3) is 0. The van der Waals surface area contributed by atoms with Crippen LogP contribution in [-0.2, 0) is 0 Å². The van der Waals surface area contributed by atoms with Crippen LogP contribution in [-0.4, -0.2) is 19.9 Å². The highest BCUT2D eigenvalue weighted by Crippen LogP contribution is 2.30. The van der Waals surface area contributed by atoms with Crippen molar-refractivity contribution < 1.29 is 4.92 Å². The molecule has 0 atom stereocenters. The van der Waals surface area contributed by atoms with E-state index in [0.29, 0.717) is 11.0 Å². The fourth-order valence-corrected chi connectivity index (χ4v) is 2.86. The summed E-state index contributed by atoms with van der Waals surface area (Å²) in [5.41, 5.74) is 0.889. The van der Waals surface area contributed by atoms with Gasteiger partial charge in [-0.1, -0.05) is 29.5 Å². The number of nitrogens with zero attached hydrogens (tertiary/aromatic N) is 6. The molecule has 0 fully saturated rings. The normalized spacial score (nSPS) is 10.5. The lowest BCUT2D eigenvalue weighted by Crippen LogP contribution is -2.04. The first kappa shape index (κ1) is 15.2. The van der Waals surface area contributed by atoms with Crippen molar-refractivity contribution in [2.75, 3.05) is 0 Å². The first-order valence-corrected chi connectivity index (χ1v) is 7.49. The van der Waals surface area contributed by atoms with E-state index in [9.17, 15) is 15.4 Å². The van der Waals surface area contributed by atoms with E-state index in [-0.39, 0.29) is 22.5 Å². The van der Waals surface area contributed by atoms with Crippen molar-refractivity contribution in [1.82, 2.24) is 15.0 Å². The Bertz CT molecular complexity index is 1290. The van der Waals surface area contributed by atoms with Crippen LogP contribution in [0.15, 0.2) is 48.5 Å². The minimum atomic E-state index is -0.605. The predicted octanol–water partition coefficient (Wildman–Crippen LogP) is 3.23. The van der Waals surface area contributed by atoms with Gasteiger partial charge in [0.1, 0.15) is 23.3 Å². The topological polar surface area (TPSA) is 121 Å². The van der Waals surface area contributed by atoms with Gasteiger partial charge in [0.05, 0.1) is 21.6 Å². The summed E-state index contributed by atoms with van der Waals surface area (Å²) in [4.78, 5) is 10.9. The molecule has 8 nitrogen and oxygen atoms in total. The van der Waals surface area contributed by atoms with Crippen LogP contribution in [0.4, 0.5) is 5.69 Å². The molecular weight excluding hydrogens is 332 g/mol. The molecule has 1 heterocycles. The third kappa shape index (κ3) is 2.22. The van der Waals surface area contributed by atoms with E-state index >= 15 is 0 Å². The third-order valence-corrected chi connectivity index (χ3v) is 4.09. The quantitative estimate of drug-likeness (QED) is 0.408. The number of hydrogen-bond acceptors (Lipinski definition) is 6. The zero-order chi connectivity index (χ0) is 18.3. The van der Waals surface area contributed by atoms with Gasteiger partial charge >= 0.3 is 0 Å². The second-order valence-electron chi connectivity index (χ2n) is 5.56. The van der Waals surface area contributed by atoms with Crippen LogP contribution in [0.5, 0.6) is 0 Å². The smallest absolute Gasteiger partial charge is 0.258 e. The predicted molar refractivity (Wildman–Crippen MR) is 92.5 cm³/mol. The summed E-state index contributed by atoms with van der Waals surface area (Å²) in [6, 6.07) is 17.4. The Morgan fingerprint density at radius 3 is 2.31 bits per heavy atom. The average molecular weight is 340 g/mol. The van der Waals surface area contributed by atoms with Gasteiger partial charge in [-0.05, 0) is 29.0 Å². The zero-order valence-corrected chi connectivity index (χ0v) is 13.1. The van der Waals surface area contributed by atoms with Crippen molar-refractivity contribution in [3.8, 4) is 17.8 Å². The Balaban J connectivity index is 2.07. The molecule has 0 saturated carbocycles. The molecule has 0 saturated heterocycles. The summed E-state index contributed by atoms with van der Waals surface area (Å²) in [6.45, 7) is 0. The fourth-order valence-electron chi connectivity index (χ4n) is 2.86. The summed E-state index contributed by atoms with van der Waals surface area (Å²) in [5.74, 6) is 0. The van der Waals surface area contributed by atoms with Crippen LogP contribution in [0.3, 0.4) is 0 Å². The van der Waals surface area contributed by atoms with Crippen LogP contribution < -0.4 is 0 Å². The molecule has 0 radical (unpaired) electrons. The molecule has 4 rings (SSSR count). The summed E-state index contributed by atoms with van der Waals surface area (Å²) in [6.07, 6.45) is 0. The molecule has 3 aromatic carbocycles. The summed E-state index contributed by atoms with van der Waals surface area (Å²) < 4.78 is 1.32. The van der Waals surface area contributed by atoms with E-state index in [1.165, 1.54) is 10.7 Å². The Morgan fingerprint density at radius 2 is 1.65 bits per heavy atom. The maximum Gasteiger partial charge on any atom is 0.296 e. The largest absolute Gasteiger partial charge is 0.296 e. The molecule has 0 amide bonds. The molecule has 4 aromatic rings. The first-order valence-electron chi connectivity index (χ1n) is 7.49. The first-order chi connectivity index (χ1) is 12.6. The van der Waals surface area contributed by atoms with Crippen molar-refractivity contribution in [1.29, 1.82) is 10.5 Å². The lowest BCUT2D eigenvalue weighted by Gasteiger charge is -2.06. The maximum atomic E-state index is 11.5. The highest BCUT2D eigenvalue weighted by molar-refractivity contribution is 5.95. The van der Waals surface area contributed by atoms with Crippen LogP contribution in [0.1, 0.15) is 11.1 Å². The van der Waals surface area contributed by atoms with Gasteiger partial charge in [0.15, 0.2) is 0 Å². The zero-order valence-electron chi connectivity index (χ0n) is 13.1. The van der Waals surface area contributed by atoms with Gasteiger partial charge in [-0.2, -0.15) is 10.5 Å². The molecular formula is C18H8N6O2. The number of rotatable bonds is 2. The van der Waals surface area contributed by atoms with E-state index in [1.807, 2.05) is 42.5 Å². The second-order valence-corrected chi connectivity index (χ2v) is 5.56. The molecule has 0 bridgehead atoms. The average Bonchev–Trinajstić information content (AvgIpc) is 3.07. The molecule has 0 aliphatic heterocycles. The number of benzene rings is 3. The van der Waals surface area contributed by atoms with Gasteiger partial charge in [-0.3, -0.25) is 10.1 Å². The Kier molecular flexibility index (Phi) is 3.31. The van der Waals surface area contributed by atoms with Crippen molar-refractivity contribution in [3.05, 3.63) is 69.8 Å². The molecule has 122 valence electrons. The molecule has 0 N–H and O–H groups in total. The van der Waals surface area contributed by atoms with Crippen LogP contribution >= 0.6 is 0 Å².